The summed E-state index contributed by atoms with van der Waals surface area (Å²) in [5.74, 6) is 6.12. The van der Waals surface area contributed by atoms with Crippen LogP contribution < -0.4 is 0 Å². The maximum atomic E-state index is 5.10. The molecule has 0 rings (SSSR count). The minimum atomic E-state index is 0.937. The Morgan fingerprint density at radius 2 is 2.30 bits per heavy atom. The number of hydrogen-bond donors (Lipinski definition) is 0. The van der Waals surface area contributed by atoms with Crippen LogP contribution in [-0.4, -0.2) is 5.75 Å². The molecule has 0 nitrogen and oxygen atoms in total. The van der Waals surface area contributed by atoms with E-state index in [0.717, 1.165) is 6.42 Å². The van der Waals surface area contributed by atoms with E-state index in [9.17, 15) is 0 Å². The van der Waals surface area contributed by atoms with Gasteiger partial charge in [-0.05, 0) is 25.0 Å². The van der Waals surface area contributed by atoms with Gasteiger partial charge in [0.25, 0.3) is 0 Å². The molecule has 0 amide bonds. The van der Waals surface area contributed by atoms with E-state index in [2.05, 4.69) is 18.6 Å². The van der Waals surface area contributed by atoms with Crippen LogP contribution >= 0.6 is 11.8 Å². The summed E-state index contributed by atoms with van der Waals surface area (Å²) in [7, 11) is 0. The molecule has 0 aromatic heterocycles. The maximum absolute atomic E-state index is 5.10. The number of thioether (sulfide) groups is 1. The second kappa shape index (κ2) is 8.91. The van der Waals surface area contributed by atoms with Gasteiger partial charge in [0, 0.05) is 12.2 Å². The quantitative estimate of drug-likeness (QED) is 0.419. The summed E-state index contributed by atoms with van der Waals surface area (Å²) in [5, 5.41) is 0. The van der Waals surface area contributed by atoms with Crippen molar-refractivity contribution in [1.82, 2.24) is 0 Å². The monoisotopic (exact) mass is 155 g/mol. The Morgan fingerprint density at radius 1 is 1.50 bits per heavy atom. The average Bonchev–Trinajstić information content (AvgIpc) is 1.97. The topological polar surface area (TPSA) is 0 Å². The smallest absolute Gasteiger partial charge is 0.0163 e. The minimum absolute atomic E-state index is 0.937. The van der Waals surface area contributed by atoms with Gasteiger partial charge < -0.3 is 0 Å². The summed E-state index contributed by atoms with van der Waals surface area (Å²) < 4.78 is 0. The molecule has 0 saturated heterocycles. The van der Waals surface area contributed by atoms with E-state index in [1.807, 2.05) is 11.8 Å². The molecule has 0 aliphatic carbocycles. The van der Waals surface area contributed by atoms with Crippen LogP contribution in [0.5, 0.6) is 0 Å². The van der Waals surface area contributed by atoms with Crippen molar-refractivity contribution < 1.29 is 0 Å². The van der Waals surface area contributed by atoms with Crippen molar-refractivity contribution in [2.45, 2.75) is 32.6 Å². The zero-order valence-electron chi connectivity index (χ0n) is 6.60. The molecule has 0 saturated carbocycles. The van der Waals surface area contributed by atoms with Gasteiger partial charge in [0.05, 0.1) is 0 Å². The van der Waals surface area contributed by atoms with Crippen LogP contribution in [0.3, 0.4) is 0 Å². The van der Waals surface area contributed by atoms with Gasteiger partial charge in [0.15, 0.2) is 0 Å². The fourth-order valence-corrected chi connectivity index (χ4v) is 1.39. The van der Waals surface area contributed by atoms with Gasteiger partial charge in [0.1, 0.15) is 0 Å². The molecule has 10 heavy (non-hydrogen) atoms. The number of unbranched alkanes of at least 4 members (excludes halogenated alkanes) is 2. The SMILES string of the molecule is C#CCCCCS[CH]CC. The molecule has 0 heterocycles. The highest BCUT2D eigenvalue weighted by Gasteiger charge is 1.87. The lowest BCUT2D eigenvalue weighted by Crippen LogP contribution is -1.78. The molecule has 1 heteroatoms. The first-order valence-corrected chi connectivity index (χ1v) is 4.83. The fraction of sp³-hybridized carbons (Fsp3) is 0.667. The molecule has 0 fully saturated rings. The second-order valence-corrected chi connectivity index (χ2v) is 3.18. The van der Waals surface area contributed by atoms with Crippen molar-refractivity contribution in [2.24, 2.45) is 0 Å². The van der Waals surface area contributed by atoms with E-state index < -0.39 is 0 Å². The summed E-state index contributed by atoms with van der Waals surface area (Å²) >= 11 is 1.91. The third kappa shape index (κ3) is 7.91. The standard InChI is InChI=1S/C9H15S/c1-3-5-6-7-9-10-8-4-2/h1,8H,4-7,9H2,2H3. The number of terminal acetylenes is 1. The first-order valence-electron chi connectivity index (χ1n) is 3.78. The second-order valence-electron chi connectivity index (χ2n) is 2.11. The summed E-state index contributed by atoms with van der Waals surface area (Å²) in [6.07, 6.45) is 9.65. The van der Waals surface area contributed by atoms with Crippen molar-refractivity contribution in [3.63, 3.8) is 0 Å². The van der Waals surface area contributed by atoms with E-state index in [0.29, 0.717) is 0 Å². The molecule has 57 valence electrons. The maximum Gasteiger partial charge on any atom is 0.0163 e. The van der Waals surface area contributed by atoms with Crippen LogP contribution in [0.4, 0.5) is 0 Å². The largest absolute Gasteiger partial charge is 0.157 e. The zero-order chi connectivity index (χ0) is 7.66. The van der Waals surface area contributed by atoms with Crippen molar-refractivity contribution >= 4 is 11.8 Å². The predicted molar refractivity (Wildman–Crippen MR) is 49.7 cm³/mol. The fourth-order valence-electron chi connectivity index (χ4n) is 0.614. The molecular weight excluding hydrogens is 140 g/mol. The van der Waals surface area contributed by atoms with Crippen LogP contribution in [0, 0.1) is 18.1 Å². The van der Waals surface area contributed by atoms with Gasteiger partial charge in [-0.3, -0.25) is 0 Å². The molecule has 0 atom stereocenters. The molecular formula is C9H15S. The molecule has 0 aliphatic rings. The highest BCUT2D eigenvalue weighted by atomic mass is 32.2. The predicted octanol–water partition coefficient (Wildman–Crippen LogP) is 3.09. The minimum Gasteiger partial charge on any atom is -0.157 e. The van der Waals surface area contributed by atoms with E-state index in [-0.39, 0.29) is 0 Å². The highest BCUT2D eigenvalue weighted by Crippen LogP contribution is 2.10. The Hall–Kier alpha value is -0.0900. The van der Waals surface area contributed by atoms with Gasteiger partial charge in [-0.25, -0.2) is 0 Å². The Bertz CT molecular complexity index is 91.4. The van der Waals surface area contributed by atoms with E-state index in [4.69, 9.17) is 6.42 Å². The molecule has 1 radical (unpaired) electrons. The Balaban J connectivity index is 2.72. The van der Waals surface area contributed by atoms with E-state index in [1.54, 1.807) is 0 Å². The Kier molecular flexibility index (Phi) is 8.83. The third-order valence-electron chi connectivity index (χ3n) is 1.12. The van der Waals surface area contributed by atoms with Crippen LogP contribution in [0.2, 0.25) is 0 Å². The van der Waals surface area contributed by atoms with E-state index >= 15 is 0 Å². The van der Waals surface area contributed by atoms with Crippen LogP contribution in [0.1, 0.15) is 32.6 Å². The molecule has 0 bridgehead atoms. The number of hydrogen-bond acceptors (Lipinski definition) is 1. The number of rotatable bonds is 6. The van der Waals surface area contributed by atoms with Gasteiger partial charge in [0.2, 0.25) is 0 Å². The Labute approximate surface area is 68.8 Å². The first kappa shape index (κ1) is 9.91. The summed E-state index contributed by atoms with van der Waals surface area (Å²) in [5.41, 5.74) is 0. The highest BCUT2D eigenvalue weighted by molar-refractivity contribution is 8.01. The summed E-state index contributed by atoms with van der Waals surface area (Å²) in [6.45, 7) is 2.16. The molecule has 0 unspecified atom stereocenters. The lowest BCUT2D eigenvalue weighted by atomic mass is 10.3. The first-order chi connectivity index (χ1) is 4.91. The van der Waals surface area contributed by atoms with Crippen LogP contribution in [0.25, 0.3) is 0 Å². The van der Waals surface area contributed by atoms with Crippen LogP contribution in [-0.2, 0) is 0 Å². The molecule has 0 aliphatic heterocycles. The van der Waals surface area contributed by atoms with Crippen molar-refractivity contribution in [2.75, 3.05) is 5.75 Å². The average molecular weight is 155 g/mol. The normalized spacial score (nSPS) is 9.20. The van der Waals surface area contributed by atoms with Gasteiger partial charge in [-0.1, -0.05) is 6.92 Å². The third-order valence-corrected chi connectivity index (χ3v) is 2.21. The van der Waals surface area contributed by atoms with Crippen molar-refractivity contribution in [1.29, 1.82) is 0 Å². The van der Waals surface area contributed by atoms with Crippen molar-refractivity contribution in [3.05, 3.63) is 5.75 Å². The molecule has 0 N–H and O–H groups in total. The molecule has 0 aromatic rings. The van der Waals surface area contributed by atoms with Crippen molar-refractivity contribution in [3.8, 4) is 12.3 Å². The molecule has 0 spiro atoms. The summed E-state index contributed by atoms with van der Waals surface area (Å²) in [4.78, 5) is 0. The van der Waals surface area contributed by atoms with Gasteiger partial charge in [-0.2, -0.15) is 11.8 Å². The molecule has 0 aromatic carbocycles. The van der Waals surface area contributed by atoms with Gasteiger partial charge >= 0.3 is 0 Å². The zero-order valence-corrected chi connectivity index (χ0v) is 7.41. The lowest BCUT2D eigenvalue weighted by molar-refractivity contribution is 0.837. The van der Waals surface area contributed by atoms with Gasteiger partial charge in [-0.15, -0.1) is 12.3 Å². The lowest BCUT2D eigenvalue weighted by Gasteiger charge is -1.95. The Morgan fingerprint density at radius 3 is 2.90 bits per heavy atom. The van der Waals surface area contributed by atoms with Crippen LogP contribution in [0.15, 0.2) is 0 Å². The summed E-state index contributed by atoms with van der Waals surface area (Å²) in [6, 6.07) is 0. The van der Waals surface area contributed by atoms with E-state index in [1.165, 1.54) is 25.0 Å².